The van der Waals surface area contributed by atoms with Crippen LogP contribution >= 0.6 is 0 Å². The molecule has 4 rings (SSSR count). The highest BCUT2D eigenvalue weighted by Crippen LogP contribution is 2.16. The quantitative estimate of drug-likeness (QED) is 0.621. The normalized spacial score (nSPS) is 10.9. The lowest BCUT2D eigenvalue weighted by molar-refractivity contribution is 0.0996. The Balaban J connectivity index is 1.49. The summed E-state index contributed by atoms with van der Waals surface area (Å²) < 4.78 is 7.17. The monoisotopic (exact) mass is 332 g/mol. The molecule has 0 unspecified atom stereocenters. The molecular weight excluding hydrogens is 316 g/mol. The summed E-state index contributed by atoms with van der Waals surface area (Å²) in [6.45, 7) is 1.84. The zero-order valence-corrected chi connectivity index (χ0v) is 13.6. The summed E-state index contributed by atoms with van der Waals surface area (Å²) in [6.07, 6.45) is 4.12. The van der Waals surface area contributed by atoms with Gasteiger partial charge in [-0.05, 0) is 42.8 Å². The number of amides is 1. The number of benzene rings is 1. The summed E-state index contributed by atoms with van der Waals surface area (Å²) in [6, 6.07) is 15.3. The molecule has 3 heterocycles. The lowest BCUT2D eigenvalue weighted by Gasteiger charge is -2.06. The topological polar surface area (TPSA) is 72.4 Å². The van der Waals surface area contributed by atoms with Crippen LogP contribution in [0.3, 0.4) is 0 Å². The van der Waals surface area contributed by atoms with Crippen molar-refractivity contribution < 1.29 is 9.21 Å². The van der Waals surface area contributed by atoms with Crippen LogP contribution in [0.15, 0.2) is 65.4 Å². The van der Waals surface area contributed by atoms with Gasteiger partial charge in [-0.25, -0.2) is 0 Å². The van der Waals surface area contributed by atoms with Crippen LogP contribution in [0.1, 0.15) is 27.5 Å². The zero-order valence-electron chi connectivity index (χ0n) is 13.6. The van der Waals surface area contributed by atoms with Crippen molar-refractivity contribution in [2.24, 2.45) is 0 Å². The number of fused-ring (bicyclic) bond motifs is 1. The molecule has 0 aliphatic heterocycles. The van der Waals surface area contributed by atoms with Gasteiger partial charge in [-0.3, -0.25) is 9.20 Å². The third kappa shape index (κ3) is 3.01. The Morgan fingerprint density at radius 2 is 1.96 bits per heavy atom. The van der Waals surface area contributed by atoms with Gasteiger partial charge in [0.05, 0.1) is 6.26 Å². The first-order valence-electron chi connectivity index (χ1n) is 7.94. The molecule has 124 valence electrons. The summed E-state index contributed by atoms with van der Waals surface area (Å²) in [4.78, 5) is 12.2. The van der Waals surface area contributed by atoms with Gasteiger partial charge in [-0.2, -0.15) is 0 Å². The van der Waals surface area contributed by atoms with Gasteiger partial charge in [0, 0.05) is 23.9 Å². The molecule has 1 aromatic carbocycles. The van der Waals surface area contributed by atoms with Crippen LogP contribution in [-0.4, -0.2) is 20.5 Å². The Morgan fingerprint density at radius 3 is 2.72 bits per heavy atom. The van der Waals surface area contributed by atoms with Crippen molar-refractivity contribution >= 4 is 17.2 Å². The van der Waals surface area contributed by atoms with Gasteiger partial charge >= 0.3 is 0 Å². The number of hydrogen-bond acceptors (Lipinski definition) is 4. The van der Waals surface area contributed by atoms with Crippen LogP contribution in [0, 0.1) is 6.92 Å². The Bertz CT molecular complexity index is 1030. The van der Waals surface area contributed by atoms with Crippen molar-refractivity contribution in [2.45, 2.75) is 13.3 Å². The number of rotatable bonds is 4. The molecule has 25 heavy (non-hydrogen) atoms. The minimum atomic E-state index is -0.251. The molecule has 0 aliphatic carbocycles. The number of aryl methyl sites for hydroxylation is 1. The van der Waals surface area contributed by atoms with E-state index in [0.717, 1.165) is 28.3 Å². The lowest BCUT2D eigenvalue weighted by atomic mass is 10.1. The molecule has 6 heteroatoms. The van der Waals surface area contributed by atoms with Crippen molar-refractivity contribution in [1.29, 1.82) is 0 Å². The van der Waals surface area contributed by atoms with Crippen molar-refractivity contribution in [3.05, 3.63) is 83.7 Å². The van der Waals surface area contributed by atoms with Crippen LogP contribution in [-0.2, 0) is 6.42 Å². The number of nitrogens with zero attached hydrogens (tertiary/aromatic N) is 3. The SMILES string of the molecule is Cc1ccoc1C(=O)Nc1ccc(Cc2nnc3ccccn23)cc1. The van der Waals surface area contributed by atoms with Gasteiger partial charge in [0.1, 0.15) is 5.82 Å². The van der Waals surface area contributed by atoms with Crippen molar-refractivity contribution in [2.75, 3.05) is 5.32 Å². The number of aromatic nitrogens is 3. The van der Waals surface area contributed by atoms with Crippen LogP contribution in [0.25, 0.3) is 5.65 Å². The van der Waals surface area contributed by atoms with E-state index < -0.39 is 0 Å². The molecule has 0 saturated heterocycles. The smallest absolute Gasteiger partial charge is 0.291 e. The fraction of sp³-hybridized carbons (Fsp3) is 0.105. The minimum absolute atomic E-state index is 0.251. The number of carbonyl (C=O) groups excluding carboxylic acids is 1. The van der Waals surface area contributed by atoms with Gasteiger partial charge in [0.15, 0.2) is 11.4 Å². The fourth-order valence-electron chi connectivity index (χ4n) is 2.69. The van der Waals surface area contributed by atoms with E-state index in [1.165, 1.54) is 6.26 Å². The van der Waals surface area contributed by atoms with E-state index in [4.69, 9.17) is 4.42 Å². The zero-order chi connectivity index (χ0) is 17.2. The second kappa shape index (κ2) is 6.24. The molecular formula is C19H16N4O2. The van der Waals surface area contributed by atoms with E-state index in [1.54, 1.807) is 6.07 Å². The van der Waals surface area contributed by atoms with Gasteiger partial charge in [0.25, 0.3) is 5.91 Å². The second-order valence-electron chi connectivity index (χ2n) is 5.81. The maximum Gasteiger partial charge on any atom is 0.291 e. The van der Waals surface area contributed by atoms with Crippen molar-refractivity contribution in [3.8, 4) is 0 Å². The average molecular weight is 332 g/mol. The van der Waals surface area contributed by atoms with Crippen molar-refractivity contribution in [3.63, 3.8) is 0 Å². The number of carbonyl (C=O) groups is 1. The molecule has 0 bridgehead atoms. The second-order valence-corrected chi connectivity index (χ2v) is 5.81. The van der Waals surface area contributed by atoms with E-state index >= 15 is 0 Å². The van der Waals surface area contributed by atoms with Crippen LogP contribution < -0.4 is 5.32 Å². The predicted octanol–water partition coefficient (Wildman–Crippen LogP) is 3.47. The first-order chi connectivity index (χ1) is 12.2. The minimum Gasteiger partial charge on any atom is -0.459 e. The Morgan fingerprint density at radius 1 is 1.12 bits per heavy atom. The third-order valence-corrected chi connectivity index (χ3v) is 4.03. The number of furan rings is 1. The van der Waals surface area contributed by atoms with E-state index in [2.05, 4.69) is 15.5 Å². The number of hydrogen-bond donors (Lipinski definition) is 1. The van der Waals surface area contributed by atoms with Gasteiger partial charge in [-0.1, -0.05) is 18.2 Å². The Hall–Kier alpha value is -3.41. The Labute approximate surface area is 144 Å². The standard InChI is InChI=1S/C19H16N4O2/c1-13-9-11-25-18(13)19(24)20-15-7-5-14(6-8-15)12-17-22-21-16-4-2-3-10-23(16)17/h2-11H,12H2,1H3,(H,20,24). The number of nitrogens with one attached hydrogen (secondary N) is 1. The highest BCUT2D eigenvalue weighted by atomic mass is 16.3. The third-order valence-electron chi connectivity index (χ3n) is 4.03. The van der Waals surface area contributed by atoms with E-state index in [1.807, 2.05) is 60.0 Å². The van der Waals surface area contributed by atoms with Crippen LogP contribution in [0.5, 0.6) is 0 Å². The van der Waals surface area contributed by atoms with E-state index in [9.17, 15) is 4.79 Å². The summed E-state index contributed by atoms with van der Waals surface area (Å²) in [5.41, 5.74) is 3.45. The predicted molar refractivity (Wildman–Crippen MR) is 93.6 cm³/mol. The molecule has 0 radical (unpaired) electrons. The Kier molecular flexibility index (Phi) is 3.78. The molecule has 1 amide bonds. The largest absolute Gasteiger partial charge is 0.459 e. The first-order valence-corrected chi connectivity index (χ1v) is 7.94. The van der Waals surface area contributed by atoms with Crippen LogP contribution in [0.4, 0.5) is 5.69 Å². The molecule has 0 aliphatic rings. The molecule has 6 nitrogen and oxygen atoms in total. The molecule has 3 aromatic heterocycles. The fourth-order valence-corrected chi connectivity index (χ4v) is 2.69. The summed E-state index contributed by atoms with van der Waals surface area (Å²) >= 11 is 0. The number of anilines is 1. The molecule has 0 atom stereocenters. The summed E-state index contributed by atoms with van der Waals surface area (Å²) in [5, 5.41) is 11.2. The van der Waals surface area contributed by atoms with Gasteiger partial charge in [0.2, 0.25) is 0 Å². The molecule has 1 N–H and O–H groups in total. The summed E-state index contributed by atoms with van der Waals surface area (Å²) in [5.74, 6) is 0.955. The first kappa shape index (κ1) is 15.1. The maximum atomic E-state index is 12.2. The van der Waals surface area contributed by atoms with Crippen molar-refractivity contribution in [1.82, 2.24) is 14.6 Å². The van der Waals surface area contributed by atoms with Gasteiger partial charge < -0.3 is 9.73 Å². The average Bonchev–Trinajstić information content (AvgIpc) is 3.23. The number of pyridine rings is 1. The molecule has 0 saturated carbocycles. The molecule has 0 spiro atoms. The molecule has 4 aromatic rings. The summed E-state index contributed by atoms with van der Waals surface area (Å²) in [7, 11) is 0. The van der Waals surface area contributed by atoms with Crippen LogP contribution in [0.2, 0.25) is 0 Å². The lowest BCUT2D eigenvalue weighted by Crippen LogP contribution is -2.12. The van der Waals surface area contributed by atoms with Gasteiger partial charge in [-0.15, -0.1) is 10.2 Å². The molecule has 0 fully saturated rings. The highest BCUT2D eigenvalue weighted by Gasteiger charge is 2.12. The highest BCUT2D eigenvalue weighted by molar-refractivity contribution is 6.03. The maximum absolute atomic E-state index is 12.2. The van der Waals surface area contributed by atoms with E-state index in [-0.39, 0.29) is 5.91 Å². The van der Waals surface area contributed by atoms with E-state index in [0.29, 0.717) is 12.2 Å².